The van der Waals surface area contributed by atoms with E-state index in [-0.39, 0.29) is 28.5 Å². The third-order valence-electron chi connectivity index (χ3n) is 5.55. The van der Waals surface area contributed by atoms with Gasteiger partial charge in [0.1, 0.15) is 5.56 Å². The molecule has 2 saturated heterocycles. The maximum Gasteiger partial charge on any atom is 0.261 e. The normalized spacial score (nSPS) is 28.3. The van der Waals surface area contributed by atoms with E-state index in [1.165, 1.54) is 0 Å². The number of aryl methyl sites for hydroxylation is 2. The third-order valence-corrected chi connectivity index (χ3v) is 5.55. The lowest BCUT2D eigenvalue weighted by atomic mass is 9.71. The molecule has 2 N–H and O–H groups in total. The highest BCUT2D eigenvalue weighted by Gasteiger charge is 2.45. The summed E-state index contributed by atoms with van der Waals surface area (Å²) in [5, 5.41) is 10.6. The number of hydrogen-bond donors (Lipinski definition) is 2. The molecule has 2 aliphatic rings. The lowest BCUT2D eigenvalue weighted by molar-refractivity contribution is -0.0731. The lowest BCUT2D eigenvalue weighted by Gasteiger charge is -2.50. The highest BCUT2D eigenvalue weighted by Crippen LogP contribution is 2.38. The molecule has 132 valence electrons. The summed E-state index contributed by atoms with van der Waals surface area (Å²) in [4.78, 5) is 32.0. The third kappa shape index (κ3) is 3.00. The van der Waals surface area contributed by atoms with E-state index < -0.39 is 0 Å². The molecule has 1 amide bonds. The van der Waals surface area contributed by atoms with E-state index in [1.807, 2.05) is 13.0 Å². The molecule has 6 heteroatoms. The van der Waals surface area contributed by atoms with Crippen LogP contribution >= 0.6 is 0 Å². The molecule has 0 bridgehead atoms. The Balaban J connectivity index is 1.87. The predicted molar refractivity (Wildman–Crippen MR) is 92.2 cm³/mol. The van der Waals surface area contributed by atoms with Crippen molar-refractivity contribution in [2.45, 2.75) is 39.2 Å². The molecule has 3 heterocycles. The quantitative estimate of drug-likeness (QED) is 0.801. The molecule has 0 aromatic carbocycles. The number of aliphatic hydroxyl groups excluding tert-OH is 1. The molecule has 1 aromatic heterocycles. The smallest absolute Gasteiger partial charge is 0.261 e. The van der Waals surface area contributed by atoms with Crippen molar-refractivity contribution in [3.8, 4) is 0 Å². The minimum Gasteiger partial charge on any atom is -0.392 e. The first-order chi connectivity index (χ1) is 11.3. The van der Waals surface area contributed by atoms with Crippen LogP contribution < -0.4 is 5.56 Å². The molecule has 2 aliphatic heterocycles. The fraction of sp³-hybridized carbons (Fsp3) is 0.667. The van der Waals surface area contributed by atoms with Gasteiger partial charge in [0.25, 0.3) is 11.5 Å². The molecule has 0 unspecified atom stereocenters. The summed E-state index contributed by atoms with van der Waals surface area (Å²) in [6.07, 6.45) is 2.13. The Kier molecular flexibility index (Phi) is 4.53. The Bertz CT molecular complexity index is 699. The van der Waals surface area contributed by atoms with E-state index in [0.717, 1.165) is 38.0 Å². The Hall–Kier alpha value is -1.66. The first-order valence-corrected chi connectivity index (χ1v) is 8.69. The van der Waals surface area contributed by atoms with Crippen LogP contribution in [0.2, 0.25) is 0 Å². The average Bonchev–Trinajstić information content (AvgIpc) is 2.50. The van der Waals surface area contributed by atoms with Gasteiger partial charge >= 0.3 is 0 Å². The van der Waals surface area contributed by atoms with Crippen LogP contribution in [0.25, 0.3) is 0 Å². The first kappa shape index (κ1) is 17.2. The number of nitrogens with zero attached hydrogens (tertiary/aromatic N) is 2. The maximum atomic E-state index is 13.0. The summed E-state index contributed by atoms with van der Waals surface area (Å²) >= 11 is 0. The molecule has 2 fully saturated rings. The van der Waals surface area contributed by atoms with Crippen molar-refractivity contribution in [3.05, 3.63) is 33.2 Å². The van der Waals surface area contributed by atoms with Crippen LogP contribution in [0.3, 0.4) is 0 Å². The lowest BCUT2D eigenvalue weighted by Crippen LogP contribution is -2.59. The van der Waals surface area contributed by atoms with Gasteiger partial charge in [-0.2, -0.15) is 0 Å². The van der Waals surface area contributed by atoms with Crippen LogP contribution in [-0.4, -0.2) is 65.1 Å². The number of rotatable bonds is 1. The van der Waals surface area contributed by atoms with Crippen molar-refractivity contribution in [3.63, 3.8) is 0 Å². The van der Waals surface area contributed by atoms with Gasteiger partial charge in [0.05, 0.1) is 6.10 Å². The Morgan fingerprint density at radius 1 is 1.33 bits per heavy atom. The summed E-state index contributed by atoms with van der Waals surface area (Å²) < 4.78 is 0. The Morgan fingerprint density at radius 3 is 2.79 bits per heavy atom. The number of aliphatic hydroxyl groups is 1. The van der Waals surface area contributed by atoms with Crippen molar-refractivity contribution >= 4 is 5.91 Å². The molecule has 2 atom stereocenters. The highest BCUT2D eigenvalue weighted by molar-refractivity contribution is 5.95. The molecule has 3 rings (SSSR count). The van der Waals surface area contributed by atoms with Gasteiger partial charge in [-0.15, -0.1) is 0 Å². The number of piperidine rings is 2. The van der Waals surface area contributed by atoms with Gasteiger partial charge in [-0.3, -0.25) is 9.59 Å². The summed E-state index contributed by atoms with van der Waals surface area (Å²) in [6.45, 7) is 6.45. The largest absolute Gasteiger partial charge is 0.392 e. The summed E-state index contributed by atoms with van der Waals surface area (Å²) in [5.74, 6) is -0.215. The van der Waals surface area contributed by atoms with E-state index in [2.05, 4.69) is 16.9 Å². The number of H-pyrrole nitrogens is 1. The highest BCUT2D eigenvalue weighted by atomic mass is 16.3. The van der Waals surface area contributed by atoms with E-state index in [1.54, 1.807) is 11.8 Å². The maximum absolute atomic E-state index is 13.0. The minimum atomic E-state index is -0.387. The van der Waals surface area contributed by atoms with Crippen LogP contribution in [0, 0.1) is 19.3 Å². The van der Waals surface area contributed by atoms with Gasteiger partial charge in [-0.1, -0.05) is 0 Å². The molecule has 6 nitrogen and oxygen atoms in total. The van der Waals surface area contributed by atoms with Gasteiger partial charge in [-0.05, 0) is 51.8 Å². The average molecular weight is 333 g/mol. The van der Waals surface area contributed by atoms with E-state index >= 15 is 0 Å². The van der Waals surface area contributed by atoms with Gasteiger partial charge in [0.2, 0.25) is 0 Å². The van der Waals surface area contributed by atoms with Crippen molar-refractivity contribution in [1.82, 2.24) is 14.8 Å². The number of aromatic nitrogens is 1. The molecule has 0 radical (unpaired) electrons. The standard InChI is InChI=1S/C18H27N3O3/c1-12-9-13(2)19-16(23)15(12)17(24)21-7-4-6-18(11-21)10-20(3)8-5-14(18)22/h9,14,22H,4-8,10-11H2,1-3H3,(H,19,23)/t14-,18-/m0/s1. The second kappa shape index (κ2) is 6.33. The van der Waals surface area contributed by atoms with E-state index in [9.17, 15) is 14.7 Å². The minimum absolute atomic E-state index is 0.215. The zero-order valence-electron chi connectivity index (χ0n) is 14.8. The zero-order valence-corrected chi connectivity index (χ0v) is 14.8. The van der Waals surface area contributed by atoms with E-state index in [0.29, 0.717) is 18.7 Å². The Morgan fingerprint density at radius 2 is 2.08 bits per heavy atom. The molecule has 24 heavy (non-hydrogen) atoms. The SMILES string of the molecule is Cc1cc(C)c(C(=O)N2CCC[C@]3(CN(C)CC[C@@H]3O)C2)c(=O)[nH]1. The number of pyridine rings is 1. The fourth-order valence-electron chi connectivity index (χ4n) is 4.38. The molecule has 1 spiro atoms. The van der Waals surface area contributed by atoms with E-state index in [4.69, 9.17) is 0 Å². The number of amides is 1. The molecule has 0 aliphatic carbocycles. The van der Waals surface area contributed by atoms with Crippen molar-refractivity contribution < 1.29 is 9.90 Å². The van der Waals surface area contributed by atoms with Crippen LogP contribution in [0.15, 0.2) is 10.9 Å². The van der Waals surface area contributed by atoms with Crippen LogP contribution in [0.1, 0.15) is 40.9 Å². The second-order valence-corrected chi connectivity index (χ2v) is 7.57. The zero-order chi connectivity index (χ0) is 17.5. The number of aromatic amines is 1. The van der Waals surface area contributed by atoms with Crippen molar-refractivity contribution in [1.29, 1.82) is 0 Å². The van der Waals surface area contributed by atoms with Crippen LogP contribution in [-0.2, 0) is 0 Å². The molecular weight excluding hydrogens is 306 g/mol. The second-order valence-electron chi connectivity index (χ2n) is 7.57. The topological polar surface area (TPSA) is 76.6 Å². The van der Waals surface area contributed by atoms with Gasteiger partial charge in [0, 0.05) is 37.3 Å². The molecule has 1 aromatic rings. The van der Waals surface area contributed by atoms with Crippen LogP contribution in [0.5, 0.6) is 0 Å². The number of carbonyl (C=O) groups excluding carboxylic acids is 1. The van der Waals surface area contributed by atoms with Gasteiger partial charge < -0.3 is 19.9 Å². The van der Waals surface area contributed by atoms with Gasteiger partial charge in [-0.25, -0.2) is 0 Å². The monoisotopic (exact) mass is 333 g/mol. The number of hydrogen-bond acceptors (Lipinski definition) is 4. The predicted octanol–water partition coefficient (Wildman–Crippen LogP) is 0.911. The number of nitrogens with one attached hydrogen (secondary N) is 1. The molecule has 0 saturated carbocycles. The van der Waals surface area contributed by atoms with Crippen LogP contribution in [0.4, 0.5) is 0 Å². The van der Waals surface area contributed by atoms with Crippen molar-refractivity contribution in [2.24, 2.45) is 5.41 Å². The molecular formula is C18H27N3O3. The fourth-order valence-corrected chi connectivity index (χ4v) is 4.38. The summed E-state index contributed by atoms with van der Waals surface area (Å²) in [6, 6.07) is 1.83. The van der Waals surface area contributed by atoms with Gasteiger partial charge in [0.15, 0.2) is 0 Å². The first-order valence-electron chi connectivity index (χ1n) is 8.69. The number of likely N-dealkylation sites (tertiary alicyclic amines) is 2. The summed E-state index contributed by atoms with van der Waals surface area (Å²) in [7, 11) is 2.06. The van der Waals surface area contributed by atoms with Crippen molar-refractivity contribution in [2.75, 3.05) is 33.2 Å². The Labute approximate surface area is 142 Å². The number of carbonyl (C=O) groups is 1. The summed E-state index contributed by atoms with van der Waals surface area (Å²) in [5.41, 5.74) is 1.11.